The quantitative estimate of drug-likeness (QED) is 0.907. The molecule has 1 heterocycles. The average Bonchev–Trinajstić information content (AvgIpc) is 2.83. The monoisotopic (exact) mass is 333 g/mol. The fourth-order valence-electron chi connectivity index (χ4n) is 2.42. The van der Waals surface area contributed by atoms with Gasteiger partial charge in [-0.25, -0.2) is 8.42 Å². The summed E-state index contributed by atoms with van der Waals surface area (Å²) in [4.78, 5) is 2.29. The maximum absolute atomic E-state index is 12.6. The molecule has 1 unspecified atom stereocenters. The van der Waals surface area contributed by atoms with Crippen LogP contribution in [0.1, 0.15) is 13.3 Å². The highest BCUT2D eigenvalue weighted by Gasteiger charge is 2.38. The summed E-state index contributed by atoms with van der Waals surface area (Å²) >= 11 is 0. The highest BCUT2D eigenvalue weighted by molar-refractivity contribution is 7.89. The maximum atomic E-state index is 12.6. The minimum Gasteiger partial charge on any atom is -0.378 e. The molecule has 0 radical (unpaired) electrons. The van der Waals surface area contributed by atoms with E-state index in [1.165, 1.54) is 0 Å². The largest absolute Gasteiger partial charge is 0.378 e. The molecule has 1 aliphatic rings. The highest BCUT2D eigenvalue weighted by atomic mass is 35.5. The van der Waals surface area contributed by atoms with E-state index in [9.17, 15) is 8.42 Å². The van der Waals surface area contributed by atoms with Gasteiger partial charge in [-0.15, -0.1) is 12.4 Å². The molecule has 2 N–H and O–H groups in total. The zero-order chi connectivity index (χ0) is 15.0. The molecule has 1 fully saturated rings. The number of nitrogens with zero attached hydrogens (tertiary/aromatic N) is 2. The second-order valence-corrected chi connectivity index (χ2v) is 7.93. The van der Waals surface area contributed by atoms with Crippen molar-refractivity contribution in [3.05, 3.63) is 24.3 Å². The van der Waals surface area contributed by atoms with Gasteiger partial charge in [0.15, 0.2) is 0 Å². The predicted molar refractivity (Wildman–Crippen MR) is 88.6 cm³/mol. The Bertz CT molecular complexity index is 574. The molecule has 0 aliphatic carbocycles. The van der Waals surface area contributed by atoms with Gasteiger partial charge in [0, 0.05) is 32.9 Å². The van der Waals surface area contributed by atoms with Crippen LogP contribution in [0.3, 0.4) is 0 Å². The van der Waals surface area contributed by atoms with Gasteiger partial charge in [-0.1, -0.05) is 6.92 Å². The Kier molecular flexibility index (Phi) is 5.66. The van der Waals surface area contributed by atoms with Crippen molar-refractivity contribution in [3.63, 3.8) is 0 Å². The normalized spacial score (nSPS) is 22.9. The number of sulfonamides is 1. The molecule has 1 aromatic rings. The number of benzene rings is 1. The van der Waals surface area contributed by atoms with Crippen LogP contribution < -0.4 is 10.6 Å². The van der Waals surface area contributed by atoms with E-state index in [1.807, 2.05) is 38.1 Å². The first kappa shape index (κ1) is 18.2. The van der Waals surface area contributed by atoms with Crippen LogP contribution in [0, 0.1) is 5.41 Å². The minimum absolute atomic E-state index is 0. The molecule has 0 saturated carbocycles. The van der Waals surface area contributed by atoms with Crippen molar-refractivity contribution < 1.29 is 8.42 Å². The summed E-state index contributed by atoms with van der Waals surface area (Å²) in [5, 5.41) is 0. The van der Waals surface area contributed by atoms with Gasteiger partial charge in [-0.05, 0) is 42.6 Å². The Morgan fingerprint density at radius 1 is 1.29 bits per heavy atom. The third-order valence-electron chi connectivity index (χ3n) is 4.01. The van der Waals surface area contributed by atoms with Crippen molar-refractivity contribution in [1.82, 2.24) is 4.31 Å². The lowest BCUT2D eigenvalue weighted by molar-refractivity contribution is 0.349. The molecule has 7 heteroatoms. The summed E-state index contributed by atoms with van der Waals surface area (Å²) < 4.78 is 26.7. The van der Waals surface area contributed by atoms with Crippen LogP contribution in [0.5, 0.6) is 0 Å². The van der Waals surface area contributed by atoms with Crippen LogP contribution in [-0.2, 0) is 10.0 Å². The van der Waals surface area contributed by atoms with E-state index in [2.05, 4.69) is 0 Å². The molecule has 0 aromatic heterocycles. The fourth-order valence-corrected chi connectivity index (χ4v) is 4.01. The molecule has 1 saturated heterocycles. The smallest absolute Gasteiger partial charge is 0.243 e. The van der Waals surface area contributed by atoms with Crippen LogP contribution >= 0.6 is 12.4 Å². The fraction of sp³-hybridized carbons (Fsp3) is 0.571. The van der Waals surface area contributed by atoms with Crippen LogP contribution in [0.2, 0.25) is 0 Å². The Balaban J connectivity index is 0.00000220. The standard InChI is InChI=1S/C14H23N3O2S.ClH/c1-14(10-15)8-9-17(11-14)20(18,19)13-6-4-12(5-7-13)16(2)3;/h4-7H,8-11,15H2,1-3H3;1H. The van der Waals surface area contributed by atoms with E-state index in [4.69, 9.17) is 5.73 Å². The van der Waals surface area contributed by atoms with Gasteiger partial charge in [0.25, 0.3) is 0 Å². The number of anilines is 1. The highest BCUT2D eigenvalue weighted by Crippen LogP contribution is 2.32. The van der Waals surface area contributed by atoms with E-state index < -0.39 is 10.0 Å². The third-order valence-corrected chi connectivity index (χ3v) is 5.87. The summed E-state index contributed by atoms with van der Waals surface area (Å²) in [6.07, 6.45) is 0.818. The average molecular weight is 334 g/mol. The molecular weight excluding hydrogens is 310 g/mol. The number of rotatable bonds is 4. The van der Waals surface area contributed by atoms with Crippen LogP contribution in [0.25, 0.3) is 0 Å². The SMILES string of the molecule is CN(C)c1ccc(S(=O)(=O)N2CCC(C)(CN)C2)cc1.Cl. The number of nitrogens with two attached hydrogens (primary N) is 1. The Morgan fingerprint density at radius 2 is 1.86 bits per heavy atom. The van der Waals surface area contributed by atoms with Gasteiger partial charge in [0.05, 0.1) is 4.90 Å². The molecule has 0 spiro atoms. The summed E-state index contributed by atoms with van der Waals surface area (Å²) in [5.41, 5.74) is 6.62. The lowest BCUT2D eigenvalue weighted by atomic mass is 9.90. The number of halogens is 1. The Labute approximate surface area is 133 Å². The van der Waals surface area contributed by atoms with E-state index in [-0.39, 0.29) is 17.8 Å². The third kappa shape index (κ3) is 3.69. The van der Waals surface area contributed by atoms with E-state index in [0.717, 1.165) is 12.1 Å². The predicted octanol–water partition coefficient (Wildman–Crippen LogP) is 1.53. The molecule has 0 amide bonds. The van der Waals surface area contributed by atoms with E-state index in [0.29, 0.717) is 24.5 Å². The zero-order valence-electron chi connectivity index (χ0n) is 12.7. The lowest BCUT2D eigenvalue weighted by Crippen LogP contribution is -2.34. The van der Waals surface area contributed by atoms with Crippen LogP contribution in [0.15, 0.2) is 29.2 Å². The number of hydrogen-bond acceptors (Lipinski definition) is 4. The molecule has 120 valence electrons. The first-order valence-corrected chi connectivity index (χ1v) is 8.20. The van der Waals surface area contributed by atoms with Gasteiger partial charge in [0.1, 0.15) is 0 Å². The van der Waals surface area contributed by atoms with Crippen molar-refractivity contribution in [2.24, 2.45) is 11.1 Å². The van der Waals surface area contributed by atoms with Crippen molar-refractivity contribution in [2.75, 3.05) is 38.6 Å². The summed E-state index contributed by atoms with van der Waals surface area (Å²) in [6.45, 7) is 3.60. The summed E-state index contributed by atoms with van der Waals surface area (Å²) in [5.74, 6) is 0. The second kappa shape index (κ2) is 6.52. The van der Waals surface area contributed by atoms with Crippen LogP contribution in [0.4, 0.5) is 5.69 Å². The lowest BCUT2D eigenvalue weighted by Gasteiger charge is -2.22. The Morgan fingerprint density at radius 3 is 2.29 bits per heavy atom. The maximum Gasteiger partial charge on any atom is 0.243 e. The first-order valence-electron chi connectivity index (χ1n) is 6.76. The molecule has 1 atom stereocenters. The van der Waals surface area contributed by atoms with Crippen molar-refractivity contribution in [3.8, 4) is 0 Å². The molecule has 1 aliphatic heterocycles. The summed E-state index contributed by atoms with van der Waals surface area (Å²) in [7, 11) is 0.451. The van der Waals surface area contributed by atoms with Crippen LogP contribution in [-0.4, -0.2) is 46.5 Å². The molecule has 1 aromatic carbocycles. The van der Waals surface area contributed by atoms with Crippen molar-refractivity contribution in [1.29, 1.82) is 0 Å². The van der Waals surface area contributed by atoms with Gasteiger partial charge < -0.3 is 10.6 Å². The minimum atomic E-state index is -3.40. The van der Waals surface area contributed by atoms with Gasteiger partial charge in [-0.3, -0.25) is 0 Å². The van der Waals surface area contributed by atoms with Gasteiger partial charge in [0.2, 0.25) is 10.0 Å². The van der Waals surface area contributed by atoms with Crippen molar-refractivity contribution in [2.45, 2.75) is 18.2 Å². The zero-order valence-corrected chi connectivity index (χ0v) is 14.4. The Hall–Kier alpha value is -0.820. The molecule has 5 nitrogen and oxygen atoms in total. The topological polar surface area (TPSA) is 66.6 Å². The van der Waals surface area contributed by atoms with E-state index in [1.54, 1.807) is 16.4 Å². The number of hydrogen-bond donors (Lipinski definition) is 1. The van der Waals surface area contributed by atoms with Crippen molar-refractivity contribution >= 4 is 28.1 Å². The van der Waals surface area contributed by atoms with E-state index >= 15 is 0 Å². The first-order chi connectivity index (χ1) is 9.28. The van der Waals surface area contributed by atoms with Gasteiger partial charge >= 0.3 is 0 Å². The second-order valence-electron chi connectivity index (χ2n) is 5.99. The molecular formula is C14H24ClN3O2S. The summed E-state index contributed by atoms with van der Waals surface area (Å²) in [6, 6.07) is 6.99. The molecule has 2 rings (SSSR count). The molecule has 0 bridgehead atoms. The molecule has 21 heavy (non-hydrogen) atoms. The van der Waals surface area contributed by atoms with Gasteiger partial charge in [-0.2, -0.15) is 4.31 Å².